The molecule has 0 aromatic heterocycles. The van der Waals surface area contributed by atoms with Crippen molar-refractivity contribution < 1.29 is 8.42 Å². The highest BCUT2D eigenvalue weighted by atomic mass is 32.2. The molecule has 0 amide bonds. The molecule has 0 atom stereocenters. The van der Waals surface area contributed by atoms with Crippen molar-refractivity contribution in [2.24, 2.45) is 0 Å². The Kier molecular flexibility index (Phi) is 6.50. The predicted molar refractivity (Wildman–Crippen MR) is 56.7 cm³/mol. The summed E-state index contributed by atoms with van der Waals surface area (Å²) in [6.45, 7) is 6.31. The SMILES string of the molecule is CCN(CC)CCS(=O)(=O)CCC#N. The van der Waals surface area contributed by atoms with Crippen molar-refractivity contribution in [1.82, 2.24) is 4.90 Å². The maximum atomic E-state index is 11.3. The van der Waals surface area contributed by atoms with E-state index in [0.717, 1.165) is 13.1 Å². The Hall–Kier alpha value is -0.600. The highest BCUT2D eigenvalue weighted by Crippen LogP contribution is 1.96. The fourth-order valence-electron chi connectivity index (χ4n) is 1.11. The van der Waals surface area contributed by atoms with Crippen LogP contribution in [0.1, 0.15) is 20.3 Å². The lowest BCUT2D eigenvalue weighted by atomic mass is 10.5. The summed E-state index contributed by atoms with van der Waals surface area (Å²) in [6.07, 6.45) is 0.0978. The smallest absolute Gasteiger partial charge is 0.152 e. The summed E-state index contributed by atoms with van der Waals surface area (Å²) in [5.41, 5.74) is 0. The Bertz CT molecular complexity index is 276. The molecule has 5 heteroatoms. The number of nitriles is 1. The van der Waals surface area contributed by atoms with E-state index >= 15 is 0 Å². The molecule has 0 saturated carbocycles. The van der Waals surface area contributed by atoms with E-state index in [-0.39, 0.29) is 17.9 Å². The van der Waals surface area contributed by atoms with Gasteiger partial charge in [0.1, 0.15) is 0 Å². The lowest BCUT2D eigenvalue weighted by molar-refractivity contribution is 0.321. The van der Waals surface area contributed by atoms with E-state index in [1.165, 1.54) is 0 Å². The monoisotopic (exact) mass is 218 g/mol. The summed E-state index contributed by atoms with van der Waals surface area (Å²) in [6, 6.07) is 1.85. The molecular formula is C9H18N2O2S. The standard InChI is InChI=1S/C9H18N2O2S/c1-3-11(4-2)7-9-14(12,13)8-5-6-10/h3-5,7-9H2,1-2H3. The van der Waals surface area contributed by atoms with Crippen molar-refractivity contribution in [3.05, 3.63) is 0 Å². The minimum Gasteiger partial charge on any atom is -0.303 e. The molecule has 0 spiro atoms. The van der Waals surface area contributed by atoms with E-state index < -0.39 is 9.84 Å². The average Bonchev–Trinajstić information content (AvgIpc) is 2.16. The Labute approximate surface area is 86.4 Å². The lowest BCUT2D eigenvalue weighted by Crippen LogP contribution is -2.29. The number of hydrogen-bond acceptors (Lipinski definition) is 4. The van der Waals surface area contributed by atoms with Crippen molar-refractivity contribution in [2.75, 3.05) is 31.1 Å². The fraction of sp³-hybridized carbons (Fsp3) is 0.889. The Balaban J connectivity index is 3.93. The van der Waals surface area contributed by atoms with Crippen LogP contribution in [0, 0.1) is 11.3 Å². The predicted octanol–water partition coefficient (Wildman–Crippen LogP) is 0.657. The van der Waals surface area contributed by atoms with Gasteiger partial charge in [-0.1, -0.05) is 13.8 Å². The molecule has 0 heterocycles. The van der Waals surface area contributed by atoms with E-state index in [9.17, 15) is 8.42 Å². The van der Waals surface area contributed by atoms with Gasteiger partial charge in [-0.3, -0.25) is 0 Å². The first-order valence-corrected chi connectivity index (χ1v) is 6.67. The van der Waals surface area contributed by atoms with Gasteiger partial charge >= 0.3 is 0 Å². The maximum absolute atomic E-state index is 11.3. The fourth-order valence-corrected chi connectivity index (χ4v) is 2.25. The second-order valence-electron chi connectivity index (χ2n) is 3.09. The van der Waals surface area contributed by atoms with Gasteiger partial charge in [0.2, 0.25) is 0 Å². The first-order chi connectivity index (χ1) is 6.55. The van der Waals surface area contributed by atoms with Gasteiger partial charge in [-0.15, -0.1) is 0 Å². The van der Waals surface area contributed by atoms with Crippen LogP contribution in [0.5, 0.6) is 0 Å². The lowest BCUT2D eigenvalue weighted by Gasteiger charge is -2.17. The van der Waals surface area contributed by atoms with Gasteiger partial charge in [0.25, 0.3) is 0 Å². The summed E-state index contributed by atoms with van der Waals surface area (Å²) in [7, 11) is -3.02. The van der Waals surface area contributed by atoms with Crippen molar-refractivity contribution in [3.8, 4) is 6.07 Å². The third kappa shape index (κ3) is 5.95. The van der Waals surface area contributed by atoms with Crippen LogP contribution in [-0.4, -0.2) is 44.5 Å². The maximum Gasteiger partial charge on any atom is 0.152 e. The molecule has 0 saturated heterocycles. The number of sulfone groups is 1. The topological polar surface area (TPSA) is 61.2 Å². The molecule has 82 valence electrons. The molecule has 0 unspecified atom stereocenters. The summed E-state index contributed by atoms with van der Waals surface area (Å²) < 4.78 is 22.7. The van der Waals surface area contributed by atoms with E-state index in [1.807, 2.05) is 19.9 Å². The number of nitrogens with zero attached hydrogens (tertiary/aromatic N) is 2. The molecule has 14 heavy (non-hydrogen) atoms. The van der Waals surface area contributed by atoms with Gasteiger partial charge in [0.15, 0.2) is 9.84 Å². The van der Waals surface area contributed by atoms with E-state index in [4.69, 9.17) is 5.26 Å². The number of rotatable bonds is 7. The first-order valence-electron chi connectivity index (χ1n) is 4.85. The minimum atomic E-state index is -3.02. The molecule has 0 aromatic carbocycles. The van der Waals surface area contributed by atoms with Crippen molar-refractivity contribution in [1.29, 1.82) is 5.26 Å². The van der Waals surface area contributed by atoms with Crippen LogP contribution < -0.4 is 0 Å². The highest BCUT2D eigenvalue weighted by molar-refractivity contribution is 7.91. The third-order valence-corrected chi connectivity index (χ3v) is 3.77. The molecule has 0 N–H and O–H groups in total. The summed E-state index contributed by atoms with van der Waals surface area (Å²) >= 11 is 0. The summed E-state index contributed by atoms with van der Waals surface area (Å²) in [5.74, 6) is 0.154. The van der Waals surface area contributed by atoms with Crippen LogP contribution in [0.15, 0.2) is 0 Å². The summed E-state index contributed by atoms with van der Waals surface area (Å²) in [5, 5.41) is 8.27. The quantitative estimate of drug-likeness (QED) is 0.629. The average molecular weight is 218 g/mol. The second-order valence-corrected chi connectivity index (χ2v) is 5.39. The number of hydrogen-bond donors (Lipinski definition) is 0. The van der Waals surface area contributed by atoms with E-state index in [1.54, 1.807) is 0 Å². The zero-order valence-corrected chi connectivity index (χ0v) is 9.68. The second kappa shape index (κ2) is 6.80. The van der Waals surface area contributed by atoms with Crippen molar-refractivity contribution >= 4 is 9.84 Å². The molecule has 0 bridgehead atoms. The van der Waals surface area contributed by atoms with Gasteiger partial charge in [-0.25, -0.2) is 8.42 Å². The molecule has 0 aliphatic heterocycles. The van der Waals surface area contributed by atoms with E-state index in [2.05, 4.69) is 4.90 Å². The van der Waals surface area contributed by atoms with Crippen molar-refractivity contribution in [2.45, 2.75) is 20.3 Å². The largest absolute Gasteiger partial charge is 0.303 e. The van der Waals surface area contributed by atoms with Gasteiger partial charge in [-0.2, -0.15) is 5.26 Å². The molecule has 0 radical (unpaired) electrons. The van der Waals surface area contributed by atoms with Crippen LogP contribution in [0.4, 0.5) is 0 Å². The third-order valence-electron chi connectivity index (χ3n) is 2.14. The molecule has 0 aliphatic rings. The zero-order valence-electron chi connectivity index (χ0n) is 8.86. The first kappa shape index (κ1) is 13.4. The highest BCUT2D eigenvalue weighted by Gasteiger charge is 2.11. The summed E-state index contributed by atoms with van der Waals surface area (Å²) in [4.78, 5) is 2.06. The molecule has 0 aliphatic carbocycles. The molecule has 0 rings (SSSR count). The van der Waals surface area contributed by atoms with Crippen molar-refractivity contribution in [3.63, 3.8) is 0 Å². The van der Waals surface area contributed by atoms with E-state index in [0.29, 0.717) is 6.54 Å². The molecule has 4 nitrogen and oxygen atoms in total. The molecular weight excluding hydrogens is 200 g/mol. The van der Waals surface area contributed by atoms with Gasteiger partial charge < -0.3 is 4.90 Å². The zero-order chi connectivity index (χ0) is 11.0. The van der Waals surface area contributed by atoms with Gasteiger partial charge in [0, 0.05) is 13.0 Å². The Morgan fingerprint density at radius 2 is 1.79 bits per heavy atom. The Morgan fingerprint density at radius 3 is 2.21 bits per heavy atom. The van der Waals surface area contributed by atoms with Crippen LogP contribution >= 0.6 is 0 Å². The molecule has 0 fully saturated rings. The van der Waals surface area contributed by atoms with Crippen LogP contribution in [0.2, 0.25) is 0 Å². The van der Waals surface area contributed by atoms with Crippen LogP contribution in [0.3, 0.4) is 0 Å². The van der Waals surface area contributed by atoms with Gasteiger partial charge in [0.05, 0.1) is 17.6 Å². The molecule has 0 aromatic rings. The van der Waals surface area contributed by atoms with Crippen LogP contribution in [0.25, 0.3) is 0 Å². The Morgan fingerprint density at radius 1 is 1.21 bits per heavy atom. The van der Waals surface area contributed by atoms with Gasteiger partial charge in [-0.05, 0) is 13.1 Å². The van der Waals surface area contributed by atoms with Crippen LogP contribution in [-0.2, 0) is 9.84 Å². The normalized spacial score (nSPS) is 11.6. The minimum absolute atomic E-state index is 0.00916.